The Morgan fingerprint density at radius 1 is 1.16 bits per heavy atom. The highest BCUT2D eigenvalue weighted by Crippen LogP contribution is 2.45. The summed E-state index contributed by atoms with van der Waals surface area (Å²) in [6.07, 6.45) is 2.28. The average Bonchev–Trinajstić information content (AvgIpc) is 3.14. The molecule has 1 saturated heterocycles. The highest BCUT2D eigenvalue weighted by molar-refractivity contribution is 5.44. The van der Waals surface area contributed by atoms with Crippen LogP contribution in [0.15, 0.2) is 36.4 Å². The van der Waals surface area contributed by atoms with Crippen molar-refractivity contribution in [2.75, 3.05) is 26.7 Å². The fourth-order valence-electron chi connectivity index (χ4n) is 5.19. The first kappa shape index (κ1) is 20.6. The fraction of sp³-hybridized carbons (Fsp3) is 0.520. The Kier molecular flexibility index (Phi) is 5.32. The van der Waals surface area contributed by atoms with Crippen molar-refractivity contribution in [1.29, 1.82) is 0 Å². The van der Waals surface area contributed by atoms with Gasteiger partial charge in [0.15, 0.2) is 0 Å². The molecule has 2 aromatic rings. The molecule has 1 spiro atoms. The zero-order valence-electron chi connectivity index (χ0n) is 18.2. The van der Waals surface area contributed by atoms with Gasteiger partial charge in [-0.05, 0) is 61.2 Å². The lowest BCUT2D eigenvalue weighted by molar-refractivity contribution is -0.0588. The Labute approximate surface area is 183 Å². The van der Waals surface area contributed by atoms with E-state index in [2.05, 4.69) is 17.9 Å². The summed E-state index contributed by atoms with van der Waals surface area (Å²) in [5.41, 5.74) is 2.59. The number of aliphatic hydroxyl groups excluding tert-OH is 2. The third-order valence-electron chi connectivity index (χ3n) is 6.97. The number of likely N-dealkylation sites (tertiary alicyclic amines) is 1. The van der Waals surface area contributed by atoms with Gasteiger partial charge in [-0.15, -0.1) is 0 Å². The van der Waals surface area contributed by atoms with Gasteiger partial charge in [-0.1, -0.05) is 6.07 Å². The Bertz CT molecular complexity index is 953. The van der Waals surface area contributed by atoms with Crippen molar-refractivity contribution in [3.8, 4) is 17.2 Å². The molecule has 3 aliphatic heterocycles. The van der Waals surface area contributed by atoms with Gasteiger partial charge in [0.2, 0.25) is 0 Å². The van der Waals surface area contributed by atoms with Crippen LogP contribution in [0.25, 0.3) is 0 Å². The highest BCUT2D eigenvalue weighted by atomic mass is 16.5. The summed E-state index contributed by atoms with van der Waals surface area (Å²) in [6.45, 7) is 4.33. The van der Waals surface area contributed by atoms with Crippen LogP contribution in [0.1, 0.15) is 55.1 Å². The molecule has 0 radical (unpaired) electrons. The van der Waals surface area contributed by atoms with Gasteiger partial charge in [0, 0.05) is 38.0 Å². The summed E-state index contributed by atoms with van der Waals surface area (Å²) >= 11 is 0. The first-order chi connectivity index (χ1) is 14.9. The van der Waals surface area contributed by atoms with Crippen LogP contribution in [-0.4, -0.2) is 53.6 Å². The number of hydrogen-bond acceptors (Lipinski definition) is 6. The lowest BCUT2D eigenvalue weighted by Gasteiger charge is -2.46. The van der Waals surface area contributed by atoms with Crippen molar-refractivity contribution in [3.63, 3.8) is 0 Å². The minimum atomic E-state index is -0.549. The summed E-state index contributed by atoms with van der Waals surface area (Å²) in [5, 5.41) is 21.6. The Balaban J connectivity index is 1.21. The first-order valence-electron chi connectivity index (χ1n) is 11.2. The number of benzene rings is 2. The molecule has 5 rings (SSSR count). The van der Waals surface area contributed by atoms with Gasteiger partial charge in [-0.2, -0.15) is 0 Å². The van der Waals surface area contributed by atoms with Gasteiger partial charge >= 0.3 is 0 Å². The third kappa shape index (κ3) is 4.00. The molecule has 0 aromatic heterocycles. The summed E-state index contributed by atoms with van der Waals surface area (Å²) in [4.78, 5) is 2.29. The van der Waals surface area contributed by atoms with E-state index in [1.165, 1.54) is 5.56 Å². The fourth-order valence-corrected chi connectivity index (χ4v) is 5.19. The van der Waals surface area contributed by atoms with E-state index in [4.69, 9.17) is 14.2 Å². The molecule has 2 N–H and O–H groups in total. The molecule has 0 aliphatic carbocycles. The molecule has 2 aromatic carbocycles. The Morgan fingerprint density at radius 2 is 1.94 bits per heavy atom. The number of nitrogens with zero attached hydrogens (tertiary/aromatic N) is 1. The smallest absolute Gasteiger partial charge is 0.126 e. The van der Waals surface area contributed by atoms with Gasteiger partial charge in [-0.3, -0.25) is 0 Å². The zero-order chi connectivity index (χ0) is 21.6. The molecule has 3 heterocycles. The van der Waals surface area contributed by atoms with E-state index in [1.807, 2.05) is 30.3 Å². The number of β-amino-alcohol motifs (C(OH)–C–C–N with tert-alkyl or cyclic N) is 1. The average molecular weight is 426 g/mol. The monoisotopic (exact) mass is 425 g/mol. The highest BCUT2D eigenvalue weighted by Gasteiger charge is 2.43. The molecule has 6 heteroatoms. The third-order valence-corrected chi connectivity index (χ3v) is 6.97. The Hall–Kier alpha value is -2.28. The summed E-state index contributed by atoms with van der Waals surface area (Å²) in [5.74, 6) is 2.42. The van der Waals surface area contributed by atoms with Crippen molar-refractivity contribution < 1.29 is 24.4 Å². The normalized spacial score (nSPS) is 25.3. The molecule has 166 valence electrons. The maximum absolute atomic E-state index is 10.8. The predicted octanol–water partition coefficient (Wildman–Crippen LogP) is 3.40. The molecule has 1 fully saturated rings. The van der Waals surface area contributed by atoms with Crippen LogP contribution >= 0.6 is 0 Å². The second kappa shape index (κ2) is 8.01. The van der Waals surface area contributed by atoms with Gasteiger partial charge < -0.3 is 29.3 Å². The van der Waals surface area contributed by atoms with E-state index >= 15 is 0 Å². The molecular formula is C25H31NO5. The van der Waals surface area contributed by atoms with Gasteiger partial charge in [-0.25, -0.2) is 0 Å². The van der Waals surface area contributed by atoms with E-state index < -0.39 is 12.2 Å². The van der Waals surface area contributed by atoms with Crippen molar-refractivity contribution >= 4 is 0 Å². The zero-order valence-corrected chi connectivity index (χ0v) is 18.2. The van der Waals surface area contributed by atoms with Crippen LogP contribution in [0.3, 0.4) is 0 Å². The molecule has 0 amide bonds. The number of ether oxygens (including phenoxy) is 3. The van der Waals surface area contributed by atoms with Crippen molar-refractivity contribution in [2.24, 2.45) is 0 Å². The molecular weight excluding hydrogens is 394 g/mol. The standard InChI is InChI=1S/C25H31NO5/c1-16-11-18-12-17(3-5-23(18)30-16)22(28)15-26-9-7-25(8-10-26)14-21(27)20-13-19(29-2)4-6-24(20)31-25/h3-6,12-13,16,21-22,27-28H,7-11,14-15H2,1-2H3/t16-,21-,22-/m1/s1. The minimum Gasteiger partial charge on any atom is -0.497 e. The predicted molar refractivity (Wildman–Crippen MR) is 117 cm³/mol. The van der Waals surface area contributed by atoms with Gasteiger partial charge in [0.1, 0.15) is 29.0 Å². The summed E-state index contributed by atoms with van der Waals surface area (Å²) < 4.78 is 17.5. The van der Waals surface area contributed by atoms with E-state index in [0.29, 0.717) is 13.0 Å². The number of aliphatic hydroxyl groups is 2. The van der Waals surface area contributed by atoms with E-state index in [1.54, 1.807) is 7.11 Å². The molecule has 6 nitrogen and oxygen atoms in total. The van der Waals surface area contributed by atoms with E-state index in [0.717, 1.165) is 60.7 Å². The van der Waals surface area contributed by atoms with E-state index in [9.17, 15) is 10.2 Å². The topological polar surface area (TPSA) is 71.4 Å². The molecule has 3 atom stereocenters. The molecule has 0 bridgehead atoms. The van der Waals surface area contributed by atoms with E-state index in [-0.39, 0.29) is 11.7 Å². The van der Waals surface area contributed by atoms with Crippen LogP contribution in [0.5, 0.6) is 17.2 Å². The lowest BCUT2D eigenvalue weighted by Crippen LogP contribution is -2.51. The quantitative estimate of drug-likeness (QED) is 0.782. The summed E-state index contributed by atoms with van der Waals surface area (Å²) in [7, 11) is 1.63. The van der Waals surface area contributed by atoms with Crippen LogP contribution in [0.2, 0.25) is 0 Å². The number of fused-ring (bicyclic) bond motifs is 2. The van der Waals surface area contributed by atoms with Crippen LogP contribution in [-0.2, 0) is 6.42 Å². The van der Waals surface area contributed by atoms with Crippen LogP contribution in [0, 0.1) is 0 Å². The molecule has 0 unspecified atom stereocenters. The van der Waals surface area contributed by atoms with Crippen molar-refractivity contribution in [3.05, 3.63) is 53.1 Å². The number of rotatable bonds is 4. The SMILES string of the molecule is COc1ccc2c(c1)[C@H](O)CC1(CCN(C[C@@H](O)c3ccc4c(c3)C[C@@H](C)O4)CC1)O2. The maximum atomic E-state index is 10.8. The van der Waals surface area contributed by atoms with Gasteiger partial charge in [0.05, 0.1) is 19.3 Å². The molecule has 0 saturated carbocycles. The number of hydrogen-bond donors (Lipinski definition) is 2. The molecule has 31 heavy (non-hydrogen) atoms. The maximum Gasteiger partial charge on any atom is 0.126 e. The van der Waals surface area contributed by atoms with Gasteiger partial charge in [0.25, 0.3) is 0 Å². The van der Waals surface area contributed by atoms with Crippen molar-refractivity contribution in [1.82, 2.24) is 4.90 Å². The number of methoxy groups -OCH3 is 1. The second-order valence-corrected chi connectivity index (χ2v) is 9.22. The molecule has 3 aliphatic rings. The lowest BCUT2D eigenvalue weighted by atomic mass is 9.81. The first-order valence-corrected chi connectivity index (χ1v) is 11.2. The van der Waals surface area contributed by atoms with Crippen molar-refractivity contribution in [2.45, 2.75) is 56.5 Å². The van der Waals surface area contributed by atoms with Crippen LogP contribution in [0.4, 0.5) is 0 Å². The Morgan fingerprint density at radius 3 is 2.71 bits per heavy atom. The van der Waals surface area contributed by atoms with Crippen LogP contribution < -0.4 is 14.2 Å². The number of piperidine rings is 1. The minimum absolute atomic E-state index is 0.206. The second-order valence-electron chi connectivity index (χ2n) is 9.22. The summed E-state index contributed by atoms with van der Waals surface area (Å²) in [6, 6.07) is 11.7. The largest absolute Gasteiger partial charge is 0.497 e.